The van der Waals surface area contributed by atoms with E-state index in [1.54, 1.807) is 0 Å². The molecule has 3 nitrogen and oxygen atoms in total. The van der Waals surface area contributed by atoms with Gasteiger partial charge in [0.1, 0.15) is 0 Å². The second-order valence-electron chi connectivity index (χ2n) is 5.93. The molecule has 19 heavy (non-hydrogen) atoms. The van der Waals surface area contributed by atoms with Gasteiger partial charge in [0.25, 0.3) is 0 Å². The number of amides is 1. The standard InChI is InChI=1S/C16H24N2O/c1-11(2)18(16(19)12(3)14-6-7-14)10-13-4-8-15(17)9-5-13/h4-5,8-9,11-12,14H,6-7,10,17H2,1-3H3. The molecule has 1 amide bonds. The summed E-state index contributed by atoms with van der Waals surface area (Å²) in [5, 5.41) is 0. The summed E-state index contributed by atoms with van der Waals surface area (Å²) >= 11 is 0. The highest BCUT2D eigenvalue weighted by molar-refractivity contribution is 5.79. The van der Waals surface area contributed by atoms with Crippen LogP contribution in [0, 0.1) is 11.8 Å². The number of carbonyl (C=O) groups is 1. The van der Waals surface area contributed by atoms with Gasteiger partial charge in [0, 0.05) is 24.2 Å². The van der Waals surface area contributed by atoms with Crippen LogP contribution in [0.25, 0.3) is 0 Å². The molecule has 1 aromatic rings. The van der Waals surface area contributed by atoms with Crippen LogP contribution in [0.2, 0.25) is 0 Å². The predicted octanol–water partition coefficient (Wildman–Crippen LogP) is 3.05. The molecular formula is C16H24N2O. The van der Waals surface area contributed by atoms with Crippen molar-refractivity contribution in [3.8, 4) is 0 Å². The average molecular weight is 260 g/mol. The van der Waals surface area contributed by atoms with E-state index in [4.69, 9.17) is 5.73 Å². The lowest BCUT2D eigenvalue weighted by Crippen LogP contribution is -2.40. The SMILES string of the molecule is CC(C(=O)N(Cc1ccc(N)cc1)C(C)C)C1CC1. The highest BCUT2D eigenvalue weighted by Gasteiger charge is 2.35. The summed E-state index contributed by atoms with van der Waals surface area (Å²) in [4.78, 5) is 14.5. The van der Waals surface area contributed by atoms with Gasteiger partial charge in [-0.2, -0.15) is 0 Å². The molecule has 2 rings (SSSR count). The van der Waals surface area contributed by atoms with Crippen molar-refractivity contribution in [1.82, 2.24) is 4.90 Å². The first-order valence-electron chi connectivity index (χ1n) is 7.14. The first kappa shape index (κ1) is 13.9. The van der Waals surface area contributed by atoms with Gasteiger partial charge in [-0.15, -0.1) is 0 Å². The van der Waals surface area contributed by atoms with Crippen LogP contribution in [0.4, 0.5) is 5.69 Å². The first-order chi connectivity index (χ1) is 8.99. The minimum Gasteiger partial charge on any atom is -0.399 e. The lowest BCUT2D eigenvalue weighted by Gasteiger charge is -2.29. The highest BCUT2D eigenvalue weighted by atomic mass is 16.2. The third-order valence-corrected chi connectivity index (χ3v) is 3.96. The van der Waals surface area contributed by atoms with Gasteiger partial charge in [-0.05, 0) is 50.3 Å². The lowest BCUT2D eigenvalue weighted by atomic mass is 10.0. The van der Waals surface area contributed by atoms with Crippen molar-refractivity contribution >= 4 is 11.6 Å². The van der Waals surface area contributed by atoms with E-state index < -0.39 is 0 Å². The molecule has 0 aromatic heterocycles. The van der Waals surface area contributed by atoms with E-state index in [2.05, 4.69) is 20.8 Å². The van der Waals surface area contributed by atoms with E-state index >= 15 is 0 Å². The van der Waals surface area contributed by atoms with Crippen molar-refractivity contribution in [3.05, 3.63) is 29.8 Å². The average Bonchev–Trinajstić information content (AvgIpc) is 3.20. The zero-order valence-electron chi connectivity index (χ0n) is 12.1. The Morgan fingerprint density at radius 2 is 1.84 bits per heavy atom. The van der Waals surface area contributed by atoms with E-state index in [1.807, 2.05) is 29.2 Å². The zero-order chi connectivity index (χ0) is 14.0. The maximum Gasteiger partial charge on any atom is 0.226 e. The van der Waals surface area contributed by atoms with Crippen molar-refractivity contribution in [2.45, 2.75) is 46.2 Å². The van der Waals surface area contributed by atoms with Crippen LogP contribution in [-0.4, -0.2) is 16.8 Å². The number of anilines is 1. The van der Waals surface area contributed by atoms with Crippen LogP contribution >= 0.6 is 0 Å². The summed E-state index contributed by atoms with van der Waals surface area (Å²) < 4.78 is 0. The van der Waals surface area contributed by atoms with Crippen molar-refractivity contribution in [2.24, 2.45) is 11.8 Å². The number of nitrogen functional groups attached to an aromatic ring is 1. The van der Waals surface area contributed by atoms with Gasteiger partial charge >= 0.3 is 0 Å². The molecule has 1 aromatic carbocycles. The Kier molecular flexibility index (Phi) is 4.13. The highest BCUT2D eigenvalue weighted by Crippen LogP contribution is 2.37. The number of benzene rings is 1. The van der Waals surface area contributed by atoms with Gasteiger partial charge in [0.2, 0.25) is 5.91 Å². The molecular weight excluding hydrogens is 236 g/mol. The molecule has 1 aliphatic carbocycles. The number of hydrogen-bond acceptors (Lipinski definition) is 2. The molecule has 1 aliphatic rings. The molecule has 1 atom stereocenters. The smallest absolute Gasteiger partial charge is 0.226 e. The molecule has 0 radical (unpaired) electrons. The Labute approximate surface area is 115 Å². The second-order valence-corrected chi connectivity index (χ2v) is 5.93. The number of carbonyl (C=O) groups excluding carboxylic acids is 1. The fourth-order valence-corrected chi connectivity index (χ4v) is 2.39. The molecule has 1 fully saturated rings. The molecule has 1 saturated carbocycles. The second kappa shape index (κ2) is 5.64. The van der Waals surface area contributed by atoms with E-state index in [0.29, 0.717) is 12.5 Å². The molecule has 0 bridgehead atoms. The number of rotatable bonds is 5. The molecule has 1 unspecified atom stereocenters. The first-order valence-corrected chi connectivity index (χ1v) is 7.14. The Hall–Kier alpha value is -1.51. The fourth-order valence-electron chi connectivity index (χ4n) is 2.39. The van der Waals surface area contributed by atoms with Crippen LogP contribution in [-0.2, 0) is 11.3 Å². The van der Waals surface area contributed by atoms with E-state index in [-0.39, 0.29) is 17.9 Å². The van der Waals surface area contributed by atoms with Crippen LogP contribution in [0.1, 0.15) is 39.2 Å². The number of nitrogens with zero attached hydrogens (tertiary/aromatic N) is 1. The third-order valence-electron chi connectivity index (χ3n) is 3.96. The van der Waals surface area contributed by atoms with Crippen LogP contribution < -0.4 is 5.73 Å². The summed E-state index contributed by atoms with van der Waals surface area (Å²) in [5.41, 5.74) is 7.59. The van der Waals surface area contributed by atoms with Crippen LogP contribution in [0.3, 0.4) is 0 Å². The molecule has 2 N–H and O–H groups in total. The zero-order valence-corrected chi connectivity index (χ0v) is 12.1. The Balaban J connectivity index is 2.07. The van der Waals surface area contributed by atoms with E-state index in [1.165, 1.54) is 12.8 Å². The minimum absolute atomic E-state index is 0.163. The van der Waals surface area contributed by atoms with Gasteiger partial charge in [-0.25, -0.2) is 0 Å². The summed E-state index contributed by atoms with van der Waals surface area (Å²) in [6.45, 7) is 6.90. The number of nitrogens with two attached hydrogens (primary N) is 1. The summed E-state index contributed by atoms with van der Waals surface area (Å²) in [5.74, 6) is 1.06. The maximum absolute atomic E-state index is 12.5. The van der Waals surface area contributed by atoms with E-state index in [9.17, 15) is 4.79 Å². The van der Waals surface area contributed by atoms with Crippen LogP contribution in [0.15, 0.2) is 24.3 Å². The van der Waals surface area contributed by atoms with Crippen molar-refractivity contribution in [3.63, 3.8) is 0 Å². The molecule has 0 heterocycles. The Morgan fingerprint density at radius 3 is 2.32 bits per heavy atom. The number of hydrogen-bond donors (Lipinski definition) is 1. The van der Waals surface area contributed by atoms with Gasteiger partial charge in [0.15, 0.2) is 0 Å². The fraction of sp³-hybridized carbons (Fsp3) is 0.562. The molecule has 0 saturated heterocycles. The summed E-state index contributed by atoms with van der Waals surface area (Å²) in [7, 11) is 0. The summed E-state index contributed by atoms with van der Waals surface area (Å²) in [6, 6.07) is 8.01. The van der Waals surface area contributed by atoms with Crippen LogP contribution in [0.5, 0.6) is 0 Å². The monoisotopic (exact) mass is 260 g/mol. The van der Waals surface area contributed by atoms with Gasteiger partial charge < -0.3 is 10.6 Å². The minimum atomic E-state index is 0.163. The van der Waals surface area contributed by atoms with Crippen molar-refractivity contribution in [2.75, 3.05) is 5.73 Å². The molecule has 0 aliphatic heterocycles. The van der Waals surface area contributed by atoms with Gasteiger partial charge in [0.05, 0.1) is 0 Å². The topological polar surface area (TPSA) is 46.3 Å². The normalized spacial score (nSPS) is 16.4. The van der Waals surface area contributed by atoms with Gasteiger partial charge in [-0.1, -0.05) is 19.1 Å². The molecule has 104 valence electrons. The largest absolute Gasteiger partial charge is 0.399 e. The van der Waals surface area contributed by atoms with Crippen molar-refractivity contribution < 1.29 is 4.79 Å². The van der Waals surface area contributed by atoms with Crippen molar-refractivity contribution in [1.29, 1.82) is 0 Å². The van der Waals surface area contributed by atoms with Gasteiger partial charge in [-0.3, -0.25) is 4.79 Å². The predicted molar refractivity (Wildman–Crippen MR) is 78.4 cm³/mol. The summed E-state index contributed by atoms with van der Waals surface area (Å²) in [6.07, 6.45) is 2.42. The Bertz CT molecular complexity index is 435. The third kappa shape index (κ3) is 3.49. The molecule has 3 heteroatoms. The Morgan fingerprint density at radius 1 is 1.26 bits per heavy atom. The molecule has 0 spiro atoms. The van der Waals surface area contributed by atoms with E-state index in [0.717, 1.165) is 11.3 Å². The quantitative estimate of drug-likeness (QED) is 0.827. The maximum atomic E-state index is 12.5. The lowest BCUT2D eigenvalue weighted by molar-refractivity contribution is -0.138.